The fourth-order valence-corrected chi connectivity index (χ4v) is 10.8. The molecule has 6 aromatic carbocycles. The molecule has 0 aliphatic heterocycles. The summed E-state index contributed by atoms with van der Waals surface area (Å²) in [5.41, 5.74) is -0.382. The fraction of sp³-hybridized carbons (Fsp3) is 0.152. The number of rotatable bonds is 12. The summed E-state index contributed by atoms with van der Waals surface area (Å²) in [6.07, 6.45) is 0. The average Bonchev–Trinajstić information content (AvgIpc) is 3.16. The van der Waals surface area contributed by atoms with Gasteiger partial charge in [0.15, 0.2) is 42.2 Å². The molecule has 310 valence electrons. The Kier molecular flexibility index (Phi) is 15.4. The number of hydrogen-bond donors (Lipinski definition) is 0. The predicted octanol–water partition coefficient (Wildman–Crippen LogP) is 12.8. The molecular weight excluding hydrogens is 866 g/mol. The predicted molar refractivity (Wildman–Crippen MR) is 233 cm³/mol. The first-order chi connectivity index (χ1) is 28.2. The smallest absolute Gasteiger partial charge is 0.485 e. The van der Waals surface area contributed by atoms with E-state index in [1.165, 1.54) is 14.7 Å². The Labute approximate surface area is 363 Å². The first-order valence-corrected chi connectivity index (χ1v) is 23.2. The lowest BCUT2D eigenvalue weighted by atomic mass is 10.1. The Morgan fingerprint density at radius 1 is 0.467 bits per heavy atom. The molecule has 0 amide bonds. The Balaban J connectivity index is 0.000000774. The van der Waals surface area contributed by atoms with Crippen LogP contribution in [-0.4, -0.2) is 35.8 Å². The van der Waals surface area contributed by atoms with Gasteiger partial charge in [-0.1, -0.05) is 53.5 Å². The third-order valence-corrected chi connectivity index (χ3v) is 14.7. The molecule has 6 nitrogen and oxygen atoms in total. The minimum Gasteiger partial charge on any atom is -0.741 e. The van der Waals surface area contributed by atoms with E-state index in [2.05, 4.69) is 91.0 Å². The van der Waals surface area contributed by atoms with Gasteiger partial charge in [0.2, 0.25) is 0 Å². The molecular formula is C46H39F3O6S5. The van der Waals surface area contributed by atoms with Crippen molar-refractivity contribution in [1.29, 1.82) is 0 Å². The van der Waals surface area contributed by atoms with E-state index in [0.717, 1.165) is 62.8 Å². The van der Waals surface area contributed by atoms with E-state index in [9.17, 15) is 27.6 Å². The molecule has 0 spiro atoms. The topological polar surface area (TPSA) is 108 Å². The Bertz CT molecular complexity index is 2390. The summed E-state index contributed by atoms with van der Waals surface area (Å²) in [4.78, 5) is 46.2. The van der Waals surface area contributed by atoms with E-state index in [1.54, 1.807) is 56.1 Å². The zero-order valence-electron chi connectivity index (χ0n) is 33.2. The molecule has 0 aliphatic carbocycles. The second kappa shape index (κ2) is 19.9. The van der Waals surface area contributed by atoms with Crippen LogP contribution >= 0.6 is 35.3 Å². The van der Waals surface area contributed by atoms with E-state index in [0.29, 0.717) is 0 Å². The van der Waals surface area contributed by atoms with Crippen LogP contribution in [0.25, 0.3) is 0 Å². The lowest BCUT2D eigenvalue weighted by Crippen LogP contribution is -2.21. The van der Waals surface area contributed by atoms with Crippen molar-refractivity contribution in [2.24, 2.45) is 0 Å². The number of alkyl halides is 3. The Morgan fingerprint density at radius 2 is 0.683 bits per heavy atom. The molecule has 0 bridgehead atoms. The SMILES string of the molecule is CC(=O)c1ccc(Sc2ccc([S+](c3ccc(Sc4ccc(C(C)=O)c(C)c4)cc3)c3ccc(Sc4ccc(C(C)=O)c(C)c4)cc3)cc2)cc1C.O=S(=O)([O-])C(F)(F)F. The molecule has 6 aromatic rings. The number of carbonyl (C=O) groups excluding carboxylic acids is 3. The van der Waals surface area contributed by atoms with Gasteiger partial charge in [0.25, 0.3) is 0 Å². The van der Waals surface area contributed by atoms with Crippen molar-refractivity contribution in [3.63, 3.8) is 0 Å². The summed E-state index contributed by atoms with van der Waals surface area (Å²) >= 11 is 5.09. The van der Waals surface area contributed by atoms with Gasteiger partial charge < -0.3 is 4.55 Å². The minimum atomic E-state index is -6.09. The molecule has 0 aliphatic rings. The molecule has 0 radical (unpaired) electrons. The largest absolute Gasteiger partial charge is 0.741 e. The molecule has 14 heteroatoms. The van der Waals surface area contributed by atoms with Crippen LogP contribution in [0, 0.1) is 20.8 Å². The number of hydrogen-bond acceptors (Lipinski definition) is 9. The monoisotopic (exact) mass is 904 g/mol. The Hall–Kier alpha value is -4.57. The summed E-state index contributed by atoms with van der Waals surface area (Å²) in [5.74, 6) is 0.251. The van der Waals surface area contributed by atoms with E-state index in [4.69, 9.17) is 13.0 Å². The van der Waals surface area contributed by atoms with E-state index < -0.39 is 15.6 Å². The van der Waals surface area contributed by atoms with E-state index in [-0.39, 0.29) is 28.2 Å². The van der Waals surface area contributed by atoms with Crippen molar-refractivity contribution in [1.82, 2.24) is 0 Å². The lowest BCUT2D eigenvalue weighted by Gasteiger charge is -2.11. The summed E-state index contributed by atoms with van der Waals surface area (Å²) in [6.45, 7) is 10.8. The Morgan fingerprint density at radius 3 is 0.867 bits per heavy atom. The molecule has 0 saturated heterocycles. The van der Waals surface area contributed by atoms with Gasteiger partial charge in [-0.15, -0.1) is 0 Å². The van der Waals surface area contributed by atoms with Gasteiger partial charge in [-0.05, 0) is 167 Å². The van der Waals surface area contributed by atoms with Crippen LogP contribution in [0.4, 0.5) is 13.2 Å². The maximum atomic E-state index is 11.9. The van der Waals surface area contributed by atoms with Crippen LogP contribution in [0.1, 0.15) is 68.5 Å². The number of benzene rings is 6. The zero-order chi connectivity index (χ0) is 43.9. The number of halogens is 3. The number of carbonyl (C=O) groups is 3. The van der Waals surface area contributed by atoms with Crippen molar-refractivity contribution < 1.29 is 40.5 Å². The van der Waals surface area contributed by atoms with Gasteiger partial charge in [0.1, 0.15) is 0 Å². The minimum absolute atomic E-state index is 0.0838. The van der Waals surface area contributed by atoms with Crippen molar-refractivity contribution in [3.8, 4) is 0 Å². The van der Waals surface area contributed by atoms with Crippen LogP contribution in [0.5, 0.6) is 0 Å². The van der Waals surface area contributed by atoms with Gasteiger partial charge in [-0.2, -0.15) is 13.2 Å². The first-order valence-electron chi connectivity index (χ1n) is 18.1. The zero-order valence-corrected chi connectivity index (χ0v) is 37.3. The van der Waals surface area contributed by atoms with E-state index >= 15 is 0 Å². The molecule has 0 heterocycles. The van der Waals surface area contributed by atoms with Crippen molar-refractivity contribution in [2.75, 3.05) is 0 Å². The molecule has 6 rings (SSSR count). The summed E-state index contributed by atoms with van der Waals surface area (Å²) in [5, 5.41) is 0. The van der Waals surface area contributed by atoms with Gasteiger partial charge in [0, 0.05) is 46.1 Å². The van der Waals surface area contributed by atoms with Crippen molar-refractivity contribution in [2.45, 2.75) is 91.1 Å². The van der Waals surface area contributed by atoms with Crippen molar-refractivity contribution in [3.05, 3.63) is 161 Å². The quantitative estimate of drug-likeness (QED) is 0.0513. The highest BCUT2D eigenvalue weighted by Crippen LogP contribution is 2.38. The van der Waals surface area contributed by atoms with Crippen LogP contribution in [0.3, 0.4) is 0 Å². The molecule has 0 fully saturated rings. The lowest BCUT2D eigenvalue weighted by molar-refractivity contribution is -0.0518. The maximum Gasteiger partial charge on any atom is 0.485 e. The van der Waals surface area contributed by atoms with Crippen molar-refractivity contribution >= 4 is 73.6 Å². The van der Waals surface area contributed by atoms with Gasteiger partial charge in [0.05, 0.1) is 10.9 Å². The number of ketones is 3. The second-order valence-electron chi connectivity index (χ2n) is 13.5. The van der Waals surface area contributed by atoms with Gasteiger partial charge in [-0.25, -0.2) is 8.42 Å². The molecule has 60 heavy (non-hydrogen) atoms. The maximum absolute atomic E-state index is 11.9. The number of aryl methyl sites for hydroxylation is 3. The van der Waals surface area contributed by atoms with Crippen LogP contribution in [0.15, 0.2) is 171 Å². The highest BCUT2D eigenvalue weighted by molar-refractivity contribution is 8.00. The number of Topliss-reactive ketones (excluding diaryl/α,β-unsaturated/α-hetero) is 3. The van der Waals surface area contributed by atoms with Crippen LogP contribution in [-0.2, 0) is 21.0 Å². The average molecular weight is 905 g/mol. The van der Waals surface area contributed by atoms with E-state index in [1.807, 2.05) is 57.2 Å². The highest BCUT2D eigenvalue weighted by Gasteiger charge is 2.37. The van der Waals surface area contributed by atoms with Crippen LogP contribution in [0.2, 0.25) is 0 Å². The van der Waals surface area contributed by atoms with Gasteiger partial charge in [-0.3, -0.25) is 14.4 Å². The standard InChI is InChI=1S/C45H39O3S4.CHF3O3S/c1-28-25-37(13-22-43(28)31(4)46)49-34-7-16-40(17-8-34)52(41-18-9-35(10-19-41)50-38-14-23-44(32(5)47)29(2)26-38)42-20-11-36(12-21-42)51-39-15-24-45(33(6)48)30(3)27-39;2-1(3,4)8(5,6)7/h7-27H,1-6H3;(H,5,6,7)/q+1;/p-1. The summed E-state index contributed by atoms with van der Waals surface area (Å²) in [7, 11) is -6.45. The molecule has 0 aromatic heterocycles. The molecule has 0 unspecified atom stereocenters. The summed E-state index contributed by atoms with van der Waals surface area (Å²) < 4.78 is 58.9. The second-order valence-corrected chi connectivity index (χ2v) is 20.4. The fourth-order valence-electron chi connectivity index (χ4n) is 6.03. The third-order valence-electron chi connectivity index (χ3n) is 8.90. The molecule has 0 atom stereocenters. The molecule has 0 saturated carbocycles. The van der Waals surface area contributed by atoms with Gasteiger partial charge >= 0.3 is 5.51 Å². The third kappa shape index (κ3) is 12.3. The highest BCUT2D eigenvalue weighted by atomic mass is 32.2. The van der Waals surface area contributed by atoms with Crippen LogP contribution < -0.4 is 0 Å². The molecule has 0 N–H and O–H groups in total. The normalized spacial score (nSPS) is 11.5. The summed E-state index contributed by atoms with van der Waals surface area (Å²) in [6, 6.07) is 44.5. The first kappa shape index (κ1) is 46.5.